The first-order valence-corrected chi connectivity index (χ1v) is 8.04. The molecule has 3 rings (SSSR count). The monoisotopic (exact) mass is 345 g/mol. The van der Waals surface area contributed by atoms with Gasteiger partial charge in [0.05, 0.1) is 6.07 Å². The molecule has 0 saturated carbocycles. The molecule has 1 fully saturated rings. The van der Waals surface area contributed by atoms with E-state index in [0.29, 0.717) is 0 Å². The minimum atomic E-state index is -0.666. The number of aromatic nitrogens is 2. The number of rotatable bonds is 4. The van der Waals surface area contributed by atoms with Crippen LogP contribution in [0.2, 0.25) is 0 Å². The van der Waals surface area contributed by atoms with E-state index in [4.69, 9.17) is 4.42 Å². The van der Waals surface area contributed by atoms with E-state index in [0.717, 1.165) is 43.3 Å². The first-order chi connectivity index (χ1) is 11.9. The number of nitro groups is 1. The molecule has 25 heavy (non-hydrogen) atoms. The van der Waals surface area contributed by atoms with E-state index in [1.807, 2.05) is 19.9 Å². The van der Waals surface area contributed by atoms with E-state index in [2.05, 4.69) is 20.2 Å². The van der Waals surface area contributed by atoms with Gasteiger partial charge in [-0.3, -0.25) is 14.9 Å². The van der Waals surface area contributed by atoms with E-state index in [-0.39, 0.29) is 11.8 Å². The van der Waals surface area contributed by atoms with E-state index in [1.54, 1.807) is 0 Å². The average Bonchev–Trinajstić information content (AvgIpc) is 3.05. The molecule has 2 aromatic rings. The number of hydrogen-bond acceptors (Lipinski definition) is 7. The third-order valence-corrected chi connectivity index (χ3v) is 4.10. The molecule has 2 aromatic heterocycles. The van der Waals surface area contributed by atoms with Gasteiger partial charge in [-0.1, -0.05) is 0 Å². The molecule has 0 bridgehead atoms. The lowest BCUT2D eigenvalue weighted by Crippen LogP contribution is -2.45. The summed E-state index contributed by atoms with van der Waals surface area (Å²) in [5.41, 5.74) is 0.928. The number of nitrogens with one attached hydrogen (secondary N) is 1. The van der Waals surface area contributed by atoms with Crippen LogP contribution < -0.4 is 10.2 Å². The van der Waals surface area contributed by atoms with Crippen molar-refractivity contribution < 1.29 is 14.1 Å². The van der Waals surface area contributed by atoms with Gasteiger partial charge in [0.25, 0.3) is 5.91 Å². The number of anilines is 1. The van der Waals surface area contributed by atoms with Crippen LogP contribution in [0.25, 0.3) is 0 Å². The highest BCUT2D eigenvalue weighted by Gasteiger charge is 2.24. The first kappa shape index (κ1) is 16.9. The van der Waals surface area contributed by atoms with Crippen LogP contribution in [0.4, 0.5) is 11.7 Å². The number of piperidine rings is 1. The Bertz CT molecular complexity index is 775. The maximum Gasteiger partial charge on any atom is 0.433 e. The van der Waals surface area contributed by atoms with E-state index in [9.17, 15) is 14.9 Å². The quantitative estimate of drug-likeness (QED) is 0.665. The van der Waals surface area contributed by atoms with Gasteiger partial charge in [-0.15, -0.1) is 0 Å². The van der Waals surface area contributed by atoms with Crippen molar-refractivity contribution in [1.29, 1.82) is 0 Å². The third kappa shape index (κ3) is 3.93. The maximum absolute atomic E-state index is 12.1. The summed E-state index contributed by atoms with van der Waals surface area (Å²) in [5.74, 6) is 0.729. The molecule has 0 aromatic carbocycles. The van der Waals surface area contributed by atoms with Crippen LogP contribution >= 0.6 is 0 Å². The van der Waals surface area contributed by atoms with Crippen molar-refractivity contribution >= 4 is 17.6 Å². The smallest absolute Gasteiger partial charge is 0.395 e. The molecular weight excluding hydrogens is 326 g/mol. The van der Waals surface area contributed by atoms with Crippen LogP contribution in [0.1, 0.15) is 34.9 Å². The fourth-order valence-corrected chi connectivity index (χ4v) is 2.92. The fraction of sp³-hybridized carbons (Fsp3) is 0.438. The zero-order valence-electron chi connectivity index (χ0n) is 14.1. The highest BCUT2D eigenvalue weighted by atomic mass is 16.6. The van der Waals surface area contributed by atoms with Gasteiger partial charge in [0.2, 0.25) is 0 Å². The van der Waals surface area contributed by atoms with Crippen molar-refractivity contribution in [1.82, 2.24) is 15.3 Å². The van der Waals surface area contributed by atoms with E-state index >= 15 is 0 Å². The van der Waals surface area contributed by atoms with Gasteiger partial charge in [-0.05, 0) is 32.8 Å². The molecule has 1 amide bonds. The average molecular weight is 345 g/mol. The van der Waals surface area contributed by atoms with Crippen LogP contribution in [0.15, 0.2) is 22.6 Å². The van der Waals surface area contributed by atoms with Crippen LogP contribution in [0.5, 0.6) is 0 Å². The zero-order valence-corrected chi connectivity index (χ0v) is 14.1. The largest absolute Gasteiger partial charge is 0.433 e. The van der Waals surface area contributed by atoms with Crippen molar-refractivity contribution in [2.75, 3.05) is 18.0 Å². The van der Waals surface area contributed by atoms with E-state index < -0.39 is 16.7 Å². The lowest BCUT2D eigenvalue weighted by Gasteiger charge is -2.33. The number of aryl methyl sites for hydroxylation is 2. The summed E-state index contributed by atoms with van der Waals surface area (Å²) >= 11 is 0. The molecule has 1 aliphatic heterocycles. The zero-order chi connectivity index (χ0) is 18.0. The van der Waals surface area contributed by atoms with Gasteiger partial charge in [0, 0.05) is 30.9 Å². The molecule has 1 aliphatic rings. The molecule has 0 radical (unpaired) electrons. The predicted molar refractivity (Wildman–Crippen MR) is 89.6 cm³/mol. The van der Waals surface area contributed by atoms with Crippen molar-refractivity contribution in [3.05, 3.63) is 45.6 Å². The normalized spacial score (nSPS) is 15.2. The van der Waals surface area contributed by atoms with Crippen molar-refractivity contribution in [3.63, 3.8) is 0 Å². The summed E-state index contributed by atoms with van der Waals surface area (Å²) < 4.78 is 4.93. The Hall–Kier alpha value is -2.97. The van der Waals surface area contributed by atoms with Gasteiger partial charge in [-0.25, -0.2) is 9.97 Å². The second-order valence-electron chi connectivity index (χ2n) is 6.04. The van der Waals surface area contributed by atoms with Gasteiger partial charge in [0.15, 0.2) is 5.76 Å². The van der Waals surface area contributed by atoms with Crippen LogP contribution in [-0.4, -0.2) is 39.9 Å². The lowest BCUT2D eigenvalue weighted by atomic mass is 10.0. The maximum atomic E-state index is 12.1. The number of carbonyl (C=O) groups is 1. The molecule has 0 aliphatic carbocycles. The molecule has 1 N–H and O–H groups in total. The van der Waals surface area contributed by atoms with Gasteiger partial charge in [0.1, 0.15) is 16.6 Å². The summed E-state index contributed by atoms with van der Waals surface area (Å²) in [6, 6.07) is 4.44. The fourth-order valence-electron chi connectivity index (χ4n) is 2.92. The highest BCUT2D eigenvalue weighted by Crippen LogP contribution is 2.20. The number of carbonyl (C=O) groups excluding carboxylic acids is 1. The molecule has 9 heteroatoms. The second kappa shape index (κ2) is 6.88. The summed E-state index contributed by atoms with van der Waals surface area (Å²) in [7, 11) is 0. The molecule has 3 heterocycles. The summed E-state index contributed by atoms with van der Waals surface area (Å²) in [6.07, 6.45) is 1.52. The Kier molecular flexibility index (Phi) is 4.64. The lowest BCUT2D eigenvalue weighted by molar-refractivity contribution is -0.402. The summed E-state index contributed by atoms with van der Waals surface area (Å²) in [4.78, 5) is 33.0. The molecular formula is C16H19N5O4. The SMILES string of the molecule is Cc1cc(N2CCC(NC(=O)c3ccc([N+](=O)[O-])o3)CC2)nc(C)n1. The van der Waals surface area contributed by atoms with E-state index in [1.165, 1.54) is 12.1 Å². The number of nitrogens with zero attached hydrogens (tertiary/aromatic N) is 4. The minimum absolute atomic E-state index is 0.00284. The molecule has 0 atom stereocenters. The Balaban J connectivity index is 1.56. The predicted octanol–water partition coefficient (Wildman–Crippen LogP) is 1.99. The molecule has 0 unspecified atom stereocenters. The second-order valence-corrected chi connectivity index (χ2v) is 6.04. The molecule has 0 spiro atoms. The Morgan fingerprint density at radius 2 is 2.04 bits per heavy atom. The van der Waals surface area contributed by atoms with Gasteiger partial charge >= 0.3 is 5.88 Å². The standard InChI is InChI=1S/C16H19N5O4/c1-10-9-14(18-11(2)17-10)20-7-5-12(6-8-20)19-16(22)13-3-4-15(25-13)21(23)24/h3-4,9,12H,5-8H2,1-2H3,(H,19,22). The van der Waals surface area contributed by atoms with Gasteiger partial charge < -0.3 is 14.6 Å². The minimum Gasteiger partial charge on any atom is -0.395 e. The van der Waals surface area contributed by atoms with Crippen LogP contribution in [0, 0.1) is 24.0 Å². The van der Waals surface area contributed by atoms with Crippen LogP contribution in [-0.2, 0) is 0 Å². The Morgan fingerprint density at radius 1 is 1.32 bits per heavy atom. The van der Waals surface area contributed by atoms with Crippen molar-refractivity contribution in [2.24, 2.45) is 0 Å². The van der Waals surface area contributed by atoms with Crippen molar-refractivity contribution in [2.45, 2.75) is 32.7 Å². The first-order valence-electron chi connectivity index (χ1n) is 8.04. The van der Waals surface area contributed by atoms with Crippen LogP contribution in [0.3, 0.4) is 0 Å². The number of furan rings is 1. The van der Waals surface area contributed by atoms with Crippen molar-refractivity contribution in [3.8, 4) is 0 Å². The Labute approximate surface area is 144 Å². The summed E-state index contributed by atoms with van der Waals surface area (Å²) in [5, 5.41) is 13.5. The number of amides is 1. The molecule has 9 nitrogen and oxygen atoms in total. The molecule has 132 valence electrons. The Morgan fingerprint density at radius 3 is 2.64 bits per heavy atom. The number of hydrogen-bond donors (Lipinski definition) is 1. The summed E-state index contributed by atoms with van der Waals surface area (Å²) in [6.45, 7) is 5.33. The topological polar surface area (TPSA) is 114 Å². The highest BCUT2D eigenvalue weighted by molar-refractivity contribution is 5.91. The molecule has 1 saturated heterocycles. The third-order valence-electron chi connectivity index (χ3n) is 4.10. The van der Waals surface area contributed by atoms with Gasteiger partial charge in [-0.2, -0.15) is 0 Å².